The molecule has 0 radical (unpaired) electrons. The number of aryl methyl sites for hydroxylation is 1. The van der Waals surface area contributed by atoms with E-state index in [0.29, 0.717) is 28.9 Å². The number of amides is 2. The van der Waals surface area contributed by atoms with Crippen molar-refractivity contribution in [1.82, 2.24) is 5.32 Å². The van der Waals surface area contributed by atoms with Crippen LogP contribution in [0.4, 0.5) is 5.69 Å². The number of hydrogen-bond acceptors (Lipinski definition) is 6. The van der Waals surface area contributed by atoms with Gasteiger partial charge >= 0.3 is 0 Å². The van der Waals surface area contributed by atoms with Crippen molar-refractivity contribution >= 4 is 40.5 Å². The summed E-state index contributed by atoms with van der Waals surface area (Å²) in [6.07, 6.45) is 3.32. The fourth-order valence-corrected chi connectivity index (χ4v) is 3.89. The molecule has 0 aromatic heterocycles. The molecular formula is C23H21N3O4S. The lowest BCUT2D eigenvalue weighted by atomic mass is 10.1. The molecule has 2 aliphatic rings. The lowest BCUT2D eigenvalue weighted by molar-refractivity contribution is -0.118. The first kappa shape index (κ1) is 20.7. The number of nitrogens with one attached hydrogen (secondary N) is 1. The number of rotatable bonds is 6. The minimum atomic E-state index is -0.254. The van der Waals surface area contributed by atoms with E-state index in [9.17, 15) is 9.59 Å². The van der Waals surface area contributed by atoms with Crippen molar-refractivity contribution in [3.05, 3.63) is 71.9 Å². The Labute approximate surface area is 184 Å². The minimum absolute atomic E-state index is 0.139. The molecule has 158 valence electrons. The Morgan fingerprint density at radius 3 is 2.77 bits per heavy atom. The van der Waals surface area contributed by atoms with E-state index in [2.05, 4.69) is 16.9 Å². The summed E-state index contributed by atoms with van der Waals surface area (Å²) >= 11 is 1.21. The van der Waals surface area contributed by atoms with Crippen LogP contribution in [-0.2, 0) is 9.59 Å². The lowest BCUT2D eigenvalue weighted by Crippen LogP contribution is -2.32. The smallest absolute Gasteiger partial charge is 0.283 e. The van der Waals surface area contributed by atoms with Crippen molar-refractivity contribution in [1.29, 1.82) is 0 Å². The summed E-state index contributed by atoms with van der Waals surface area (Å²) in [6.45, 7) is 6.14. The monoisotopic (exact) mass is 435 g/mol. The molecule has 2 aromatic rings. The summed E-state index contributed by atoms with van der Waals surface area (Å²) < 4.78 is 10.7. The Hall–Kier alpha value is -3.52. The third-order valence-electron chi connectivity index (χ3n) is 4.60. The molecule has 1 N–H and O–H groups in total. The zero-order valence-corrected chi connectivity index (χ0v) is 17.8. The first-order valence-corrected chi connectivity index (χ1v) is 10.7. The van der Waals surface area contributed by atoms with Crippen LogP contribution < -0.4 is 19.7 Å². The molecule has 2 aliphatic heterocycles. The molecule has 0 saturated heterocycles. The Morgan fingerprint density at radius 1 is 1.23 bits per heavy atom. The number of anilines is 1. The maximum atomic E-state index is 13.2. The van der Waals surface area contributed by atoms with Crippen LogP contribution in [0.1, 0.15) is 11.1 Å². The Kier molecular flexibility index (Phi) is 6.08. The average molecular weight is 436 g/mol. The van der Waals surface area contributed by atoms with Gasteiger partial charge in [-0.2, -0.15) is 0 Å². The van der Waals surface area contributed by atoms with E-state index in [4.69, 9.17) is 9.47 Å². The summed E-state index contributed by atoms with van der Waals surface area (Å²) in [4.78, 5) is 31.3. The third-order valence-corrected chi connectivity index (χ3v) is 5.54. The van der Waals surface area contributed by atoms with Crippen LogP contribution in [0.3, 0.4) is 0 Å². The number of amidine groups is 1. The molecule has 2 heterocycles. The van der Waals surface area contributed by atoms with Crippen molar-refractivity contribution < 1.29 is 19.1 Å². The normalized spacial score (nSPS) is 15.9. The molecule has 4 rings (SSSR count). The number of benzene rings is 2. The summed E-state index contributed by atoms with van der Waals surface area (Å²) in [5, 5.41) is 3.18. The molecule has 0 fully saturated rings. The van der Waals surface area contributed by atoms with Crippen molar-refractivity contribution in [2.75, 3.05) is 24.0 Å². The van der Waals surface area contributed by atoms with Gasteiger partial charge in [-0.3, -0.25) is 14.5 Å². The first-order chi connectivity index (χ1) is 15.0. The number of thioether (sulfide) groups is 1. The molecule has 2 amide bonds. The van der Waals surface area contributed by atoms with Crippen LogP contribution in [0.5, 0.6) is 11.5 Å². The molecule has 31 heavy (non-hydrogen) atoms. The molecular weight excluding hydrogens is 414 g/mol. The largest absolute Gasteiger partial charge is 0.454 e. The molecule has 7 nitrogen and oxygen atoms in total. The lowest BCUT2D eigenvalue weighted by Gasteiger charge is -2.17. The molecule has 0 unspecified atom stereocenters. The van der Waals surface area contributed by atoms with Gasteiger partial charge in [-0.05, 0) is 42.8 Å². The van der Waals surface area contributed by atoms with E-state index >= 15 is 0 Å². The van der Waals surface area contributed by atoms with Gasteiger partial charge in [0.1, 0.15) is 5.70 Å². The van der Waals surface area contributed by atoms with Crippen LogP contribution in [0, 0.1) is 6.92 Å². The van der Waals surface area contributed by atoms with E-state index in [1.165, 1.54) is 16.7 Å². The second-order valence-corrected chi connectivity index (χ2v) is 7.84. The molecule has 0 saturated carbocycles. The van der Waals surface area contributed by atoms with Crippen LogP contribution in [0.2, 0.25) is 0 Å². The average Bonchev–Trinajstić information content (AvgIpc) is 3.35. The number of nitrogens with zero attached hydrogens (tertiary/aromatic N) is 2. The van der Waals surface area contributed by atoms with Gasteiger partial charge in [0, 0.05) is 6.54 Å². The number of hydrogen-bond donors (Lipinski definition) is 1. The van der Waals surface area contributed by atoms with Crippen molar-refractivity contribution in [2.24, 2.45) is 4.99 Å². The molecule has 8 heteroatoms. The molecule has 0 spiro atoms. The van der Waals surface area contributed by atoms with Gasteiger partial charge in [-0.1, -0.05) is 41.6 Å². The van der Waals surface area contributed by atoms with Crippen LogP contribution >= 0.6 is 11.8 Å². The van der Waals surface area contributed by atoms with Gasteiger partial charge in [0.15, 0.2) is 16.7 Å². The summed E-state index contributed by atoms with van der Waals surface area (Å²) in [5.41, 5.74) is 2.84. The number of aliphatic imine (C=N–C) groups is 1. The van der Waals surface area contributed by atoms with Gasteiger partial charge in [-0.25, -0.2) is 4.99 Å². The van der Waals surface area contributed by atoms with Gasteiger partial charge in [0.05, 0.1) is 11.4 Å². The number of carbonyl (C=O) groups is 2. The Balaban J connectivity index is 1.62. The maximum Gasteiger partial charge on any atom is 0.283 e. The Morgan fingerprint density at radius 2 is 2.00 bits per heavy atom. The summed E-state index contributed by atoms with van der Waals surface area (Å²) in [7, 11) is 0. The summed E-state index contributed by atoms with van der Waals surface area (Å²) in [6, 6.07) is 13.0. The molecule has 0 bridgehead atoms. The van der Waals surface area contributed by atoms with Crippen LogP contribution in [-0.4, -0.2) is 36.1 Å². The van der Waals surface area contributed by atoms with E-state index in [1.54, 1.807) is 18.2 Å². The van der Waals surface area contributed by atoms with Gasteiger partial charge in [0.2, 0.25) is 12.7 Å². The first-order valence-electron chi connectivity index (χ1n) is 9.67. The molecule has 0 aliphatic carbocycles. The van der Waals surface area contributed by atoms with E-state index in [0.717, 1.165) is 11.1 Å². The summed E-state index contributed by atoms with van der Waals surface area (Å²) in [5.74, 6) is 1.03. The minimum Gasteiger partial charge on any atom is -0.454 e. The highest BCUT2D eigenvalue weighted by Gasteiger charge is 2.32. The van der Waals surface area contributed by atoms with Gasteiger partial charge in [0.25, 0.3) is 5.91 Å². The van der Waals surface area contributed by atoms with Crippen LogP contribution in [0.25, 0.3) is 6.08 Å². The highest BCUT2D eigenvalue weighted by Crippen LogP contribution is 2.34. The van der Waals surface area contributed by atoms with Crippen molar-refractivity contribution in [3.8, 4) is 11.5 Å². The predicted octanol–water partition coefficient (Wildman–Crippen LogP) is 3.50. The number of carbonyl (C=O) groups excluding carboxylic acids is 2. The third kappa shape index (κ3) is 4.64. The fraction of sp³-hybridized carbons (Fsp3) is 0.174. The SMILES string of the molecule is C=CCNC(=O)CSC1=NC(=Cc2ccc3c(c2)OCO3)C(=O)N1c1ccc(C)cc1. The van der Waals surface area contributed by atoms with E-state index in [-0.39, 0.29) is 30.1 Å². The van der Waals surface area contributed by atoms with Crippen LogP contribution in [0.15, 0.2) is 65.8 Å². The number of ether oxygens (including phenoxy) is 2. The van der Waals surface area contributed by atoms with E-state index in [1.807, 2.05) is 43.3 Å². The van der Waals surface area contributed by atoms with E-state index < -0.39 is 0 Å². The highest BCUT2D eigenvalue weighted by atomic mass is 32.2. The van der Waals surface area contributed by atoms with Gasteiger partial charge < -0.3 is 14.8 Å². The zero-order valence-electron chi connectivity index (χ0n) is 17.0. The highest BCUT2D eigenvalue weighted by molar-refractivity contribution is 8.14. The topological polar surface area (TPSA) is 80.2 Å². The van der Waals surface area contributed by atoms with Gasteiger partial charge in [-0.15, -0.1) is 6.58 Å². The quantitative estimate of drug-likeness (QED) is 0.555. The second-order valence-electron chi connectivity index (χ2n) is 6.89. The second kappa shape index (κ2) is 9.09. The molecule has 0 atom stereocenters. The fourth-order valence-electron chi connectivity index (χ4n) is 3.04. The van der Waals surface area contributed by atoms with Crippen molar-refractivity contribution in [2.45, 2.75) is 6.92 Å². The molecule has 2 aromatic carbocycles. The number of fused-ring (bicyclic) bond motifs is 1. The zero-order chi connectivity index (χ0) is 21.8. The predicted molar refractivity (Wildman–Crippen MR) is 122 cm³/mol. The Bertz CT molecular complexity index is 1090. The standard InChI is InChI=1S/C23H21N3O4S/c1-3-10-24-21(27)13-31-23-25-18(11-16-6-9-19-20(12-16)30-14-29-19)22(28)26(23)17-7-4-15(2)5-8-17/h3-9,11-12H,1,10,13-14H2,2H3,(H,24,27). The maximum absolute atomic E-state index is 13.2. The van der Waals surface area contributed by atoms with Crippen molar-refractivity contribution in [3.63, 3.8) is 0 Å².